The van der Waals surface area contributed by atoms with E-state index in [1.807, 2.05) is 0 Å². The predicted molar refractivity (Wildman–Crippen MR) is 54.5 cm³/mol. The van der Waals surface area contributed by atoms with Crippen LogP contribution in [0.1, 0.15) is 51.1 Å². The second-order valence-electron chi connectivity index (χ2n) is 3.51. The van der Waals surface area contributed by atoms with Crippen LogP contribution in [0.3, 0.4) is 0 Å². The molecular formula is C11H18O3. The number of unbranched alkanes of at least 4 members (excludes halogenated alkanes) is 2. The summed E-state index contributed by atoms with van der Waals surface area (Å²) in [6, 6.07) is 0. The van der Waals surface area contributed by atoms with E-state index in [0.717, 1.165) is 50.0 Å². The molecule has 0 aliphatic heterocycles. The van der Waals surface area contributed by atoms with Gasteiger partial charge in [0, 0.05) is 12.8 Å². The molecule has 0 fully saturated rings. The first kappa shape index (κ1) is 11.1. The molecule has 0 bridgehead atoms. The first-order valence-electron chi connectivity index (χ1n) is 5.39. The Morgan fingerprint density at radius 3 is 1.71 bits per heavy atom. The molecule has 0 aromatic carbocycles. The fraction of sp³-hybridized carbons (Fsp3) is 0.727. The Kier molecular flexibility index (Phi) is 4.50. The summed E-state index contributed by atoms with van der Waals surface area (Å²) < 4.78 is 9.98. The van der Waals surface area contributed by atoms with Gasteiger partial charge in [0.05, 0.1) is 0 Å². The Bertz CT molecular complexity index is 280. The average molecular weight is 198 g/mol. The molecular weight excluding hydrogens is 180 g/mol. The van der Waals surface area contributed by atoms with Crippen molar-refractivity contribution in [1.29, 1.82) is 0 Å². The fourth-order valence-corrected chi connectivity index (χ4v) is 1.39. The zero-order valence-corrected chi connectivity index (χ0v) is 8.97. The van der Waals surface area contributed by atoms with Gasteiger partial charge >= 0.3 is 5.82 Å². The number of hydrogen-bond donors (Lipinski definition) is 0. The van der Waals surface area contributed by atoms with Gasteiger partial charge < -0.3 is 8.83 Å². The van der Waals surface area contributed by atoms with Crippen LogP contribution in [0.5, 0.6) is 0 Å². The summed E-state index contributed by atoms with van der Waals surface area (Å²) in [5.74, 6) is 0.956. The highest BCUT2D eigenvalue weighted by molar-refractivity contribution is 5.03. The van der Waals surface area contributed by atoms with Crippen molar-refractivity contribution in [1.82, 2.24) is 0 Å². The normalized spacial score (nSPS) is 10.7. The summed E-state index contributed by atoms with van der Waals surface area (Å²) in [7, 11) is 0. The van der Waals surface area contributed by atoms with Crippen LogP contribution in [0.4, 0.5) is 0 Å². The Hall–Kier alpha value is -0.990. The van der Waals surface area contributed by atoms with Crippen molar-refractivity contribution in [2.24, 2.45) is 0 Å². The van der Waals surface area contributed by atoms with Crippen LogP contribution >= 0.6 is 0 Å². The Morgan fingerprint density at radius 1 is 0.929 bits per heavy atom. The summed E-state index contributed by atoms with van der Waals surface area (Å²) in [6.45, 7) is 4.23. The van der Waals surface area contributed by atoms with Gasteiger partial charge in [0.2, 0.25) is 0 Å². The quantitative estimate of drug-likeness (QED) is 0.705. The lowest BCUT2D eigenvalue weighted by Crippen LogP contribution is -1.89. The smallest absolute Gasteiger partial charge is 0.396 e. The Labute approximate surface area is 84.1 Å². The third kappa shape index (κ3) is 3.05. The lowest BCUT2D eigenvalue weighted by Gasteiger charge is -1.97. The first-order chi connectivity index (χ1) is 6.77. The minimum Gasteiger partial charge on any atom is -0.396 e. The van der Waals surface area contributed by atoms with Crippen LogP contribution in [0.25, 0.3) is 0 Å². The van der Waals surface area contributed by atoms with Crippen molar-refractivity contribution < 1.29 is 8.83 Å². The zero-order chi connectivity index (χ0) is 10.4. The zero-order valence-electron chi connectivity index (χ0n) is 8.97. The third-order valence-corrected chi connectivity index (χ3v) is 2.24. The maximum absolute atomic E-state index is 10.9. The molecule has 3 heteroatoms. The third-order valence-electron chi connectivity index (χ3n) is 2.24. The molecule has 0 aliphatic rings. The molecule has 0 N–H and O–H groups in total. The van der Waals surface area contributed by atoms with Crippen LogP contribution in [-0.4, -0.2) is 0 Å². The molecule has 0 aliphatic carbocycles. The molecule has 0 unspecified atom stereocenters. The van der Waals surface area contributed by atoms with Gasteiger partial charge in [-0.2, -0.15) is 0 Å². The van der Waals surface area contributed by atoms with Gasteiger partial charge in [-0.25, -0.2) is 4.79 Å². The molecule has 1 aromatic heterocycles. The summed E-state index contributed by atoms with van der Waals surface area (Å²) >= 11 is 0. The van der Waals surface area contributed by atoms with Gasteiger partial charge in [0.25, 0.3) is 0 Å². The summed E-state index contributed by atoms with van der Waals surface area (Å²) in [5.41, 5.74) is 0. The van der Waals surface area contributed by atoms with Crippen molar-refractivity contribution in [2.45, 2.75) is 52.4 Å². The van der Waals surface area contributed by atoms with Crippen molar-refractivity contribution in [3.05, 3.63) is 22.1 Å². The number of rotatable bonds is 6. The molecule has 1 rings (SSSR count). The Balaban J connectivity index is 2.64. The van der Waals surface area contributed by atoms with Crippen LogP contribution in [-0.2, 0) is 12.8 Å². The molecule has 0 atom stereocenters. The predicted octanol–water partition coefficient (Wildman–Crippen LogP) is 2.92. The van der Waals surface area contributed by atoms with Gasteiger partial charge in [-0.3, -0.25) is 0 Å². The Morgan fingerprint density at radius 2 is 1.36 bits per heavy atom. The summed E-state index contributed by atoms with van der Waals surface area (Å²) in [6.07, 6.45) is 5.93. The van der Waals surface area contributed by atoms with Crippen molar-refractivity contribution >= 4 is 0 Å². The van der Waals surface area contributed by atoms with Crippen LogP contribution in [0.2, 0.25) is 0 Å². The lowest BCUT2D eigenvalue weighted by atomic mass is 10.1. The maximum atomic E-state index is 10.9. The van der Waals surface area contributed by atoms with E-state index in [2.05, 4.69) is 13.8 Å². The van der Waals surface area contributed by atoms with Gasteiger partial charge in [-0.05, 0) is 12.8 Å². The molecule has 1 heterocycles. The van der Waals surface area contributed by atoms with E-state index in [9.17, 15) is 4.79 Å². The highest BCUT2D eigenvalue weighted by atomic mass is 16.6. The largest absolute Gasteiger partial charge is 0.519 e. The maximum Gasteiger partial charge on any atom is 0.519 e. The standard InChI is InChI=1S/C11H18O3/c1-3-5-7-9-10(8-6-4-2)14-11(12)13-9/h3-8H2,1-2H3. The average Bonchev–Trinajstić information content (AvgIpc) is 2.52. The van der Waals surface area contributed by atoms with E-state index in [4.69, 9.17) is 8.83 Å². The van der Waals surface area contributed by atoms with Gasteiger partial charge in [-0.15, -0.1) is 0 Å². The monoisotopic (exact) mass is 198 g/mol. The van der Waals surface area contributed by atoms with E-state index >= 15 is 0 Å². The second kappa shape index (κ2) is 5.68. The minimum atomic E-state index is -0.554. The van der Waals surface area contributed by atoms with Crippen LogP contribution < -0.4 is 5.82 Å². The molecule has 3 nitrogen and oxygen atoms in total. The molecule has 0 saturated carbocycles. The van der Waals surface area contributed by atoms with E-state index in [1.165, 1.54) is 0 Å². The molecule has 14 heavy (non-hydrogen) atoms. The summed E-state index contributed by atoms with van der Waals surface area (Å²) in [5, 5.41) is 0. The molecule has 0 radical (unpaired) electrons. The van der Waals surface area contributed by atoms with E-state index in [-0.39, 0.29) is 0 Å². The minimum absolute atomic E-state index is 0.554. The summed E-state index contributed by atoms with van der Waals surface area (Å²) in [4.78, 5) is 10.9. The molecule has 0 saturated heterocycles. The van der Waals surface area contributed by atoms with Crippen molar-refractivity contribution in [3.8, 4) is 0 Å². The van der Waals surface area contributed by atoms with Gasteiger partial charge in [-0.1, -0.05) is 26.7 Å². The first-order valence-corrected chi connectivity index (χ1v) is 5.39. The molecule has 1 aromatic rings. The molecule has 0 spiro atoms. The van der Waals surface area contributed by atoms with Gasteiger partial charge in [0.15, 0.2) is 0 Å². The highest BCUT2D eigenvalue weighted by Crippen LogP contribution is 2.13. The lowest BCUT2D eigenvalue weighted by molar-refractivity contribution is 0.364. The van der Waals surface area contributed by atoms with E-state index in [0.29, 0.717) is 0 Å². The number of hydrogen-bond acceptors (Lipinski definition) is 3. The molecule has 0 amide bonds. The van der Waals surface area contributed by atoms with Crippen LogP contribution in [0.15, 0.2) is 13.6 Å². The van der Waals surface area contributed by atoms with Crippen molar-refractivity contribution in [3.63, 3.8) is 0 Å². The highest BCUT2D eigenvalue weighted by Gasteiger charge is 2.11. The topological polar surface area (TPSA) is 43.4 Å². The van der Waals surface area contributed by atoms with Gasteiger partial charge in [0.1, 0.15) is 11.5 Å². The molecule has 80 valence electrons. The fourth-order valence-electron chi connectivity index (χ4n) is 1.39. The van der Waals surface area contributed by atoms with Crippen LogP contribution in [0, 0.1) is 0 Å². The van der Waals surface area contributed by atoms with E-state index < -0.39 is 5.82 Å². The SMILES string of the molecule is CCCCc1oc(=O)oc1CCCC. The second-order valence-corrected chi connectivity index (χ2v) is 3.51. The van der Waals surface area contributed by atoms with E-state index in [1.54, 1.807) is 0 Å². The van der Waals surface area contributed by atoms with Crippen molar-refractivity contribution in [2.75, 3.05) is 0 Å². The number of aryl methyl sites for hydroxylation is 2.